The minimum Gasteiger partial charge on any atom is -0.478 e. The smallest absolute Gasteiger partial charge is 0.335 e. The Kier molecular flexibility index (Phi) is 3.86. The van der Waals surface area contributed by atoms with Crippen LogP contribution in [0.2, 0.25) is 0 Å². The molecule has 1 saturated heterocycles. The van der Waals surface area contributed by atoms with Gasteiger partial charge in [0.1, 0.15) is 5.82 Å². The van der Waals surface area contributed by atoms with Crippen molar-refractivity contribution in [2.24, 2.45) is 0 Å². The zero-order valence-electron chi connectivity index (χ0n) is 10.2. The Hall–Kier alpha value is -1.47. The lowest BCUT2D eigenvalue weighted by atomic mass is 10.1. The number of carboxylic acid groups (broad SMARTS) is 1. The van der Waals surface area contributed by atoms with Gasteiger partial charge in [0.2, 0.25) is 0 Å². The predicted molar refractivity (Wildman–Crippen MR) is 67.3 cm³/mol. The highest BCUT2D eigenvalue weighted by atomic mass is 32.2. The van der Waals surface area contributed by atoms with Crippen molar-refractivity contribution in [2.45, 2.75) is 6.54 Å². The third-order valence-corrected chi connectivity index (χ3v) is 4.74. The van der Waals surface area contributed by atoms with Crippen LogP contribution < -0.4 is 0 Å². The molecule has 0 atom stereocenters. The van der Waals surface area contributed by atoms with Gasteiger partial charge in [-0.2, -0.15) is 0 Å². The number of aromatic carboxylic acids is 1. The van der Waals surface area contributed by atoms with E-state index in [0.717, 1.165) is 6.07 Å². The summed E-state index contributed by atoms with van der Waals surface area (Å²) < 4.78 is 36.2. The van der Waals surface area contributed by atoms with Gasteiger partial charge in [-0.25, -0.2) is 17.6 Å². The molecular formula is C12H14FNO4S. The summed E-state index contributed by atoms with van der Waals surface area (Å²) in [6.45, 7) is 1.05. The Morgan fingerprint density at radius 3 is 2.47 bits per heavy atom. The third-order valence-electron chi connectivity index (χ3n) is 3.13. The van der Waals surface area contributed by atoms with Crippen LogP contribution in [0.1, 0.15) is 15.9 Å². The highest BCUT2D eigenvalue weighted by Gasteiger charge is 2.22. The summed E-state index contributed by atoms with van der Waals surface area (Å²) in [6, 6.07) is 3.77. The maximum atomic E-state index is 13.7. The van der Waals surface area contributed by atoms with E-state index in [1.165, 1.54) is 12.1 Å². The van der Waals surface area contributed by atoms with Crippen LogP contribution in [-0.4, -0.2) is 49.0 Å². The number of rotatable bonds is 3. The van der Waals surface area contributed by atoms with E-state index >= 15 is 0 Å². The van der Waals surface area contributed by atoms with E-state index in [1.54, 1.807) is 0 Å². The molecule has 0 spiro atoms. The fourth-order valence-electron chi connectivity index (χ4n) is 1.96. The van der Waals surface area contributed by atoms with E-state index in [0.29, 0.717) is 25.2 Å². The van der Waals surface area contributed by atoms with Crippen molar-refractivity contribution in [3.8, 4) is 0 Å². The molecule has 5 nitrogen and oxygen atoms in total. The molecule has 104 valence electrons. The number of carbonyl (C=O) groups is 1. The Morgan fingerprint density at radius 1 is 1.32 bits per heavy atom. The lowest BCUT2D eigenvalue weighted by Crippen LogP contribution is -2.39. The lowest BCUT2D eigenvalue weighted by Gasteiger charge is -2.26. The van der Waals surface area contributed by atoms with E-state index < -0.39 is 21.6 Å². The topological polar surface area (TPSA) is 74.7 Å². The zero-order valence-corrected chi connectivity index (χ0v) is 11.0. The molecular weight excluding hydrogens is 273 g/mol. The molecule has 1 N–H and O–H groups in total. The molecule has 1 heterocycles. The van der Waals surface area contributed by atoms with Gasteiger partial charge in [0, 0.05) is 25.2 Å². The molecule has 0 bridgehead atoms. The maximum absolute atomic E-state index is 13.7. The number of sulfone groups is 1. The number of carboxylic acids is 1. The number of halogens is 1. The molecule has 0 radical (unpaired) electrons. The van der Waals surface area contributed by atoms with Gasteiger partial charge in [-0.15, -0.1) is 0 Å². The average Bonchev–Trinajstić information content (AvgIpc) is 2.34. The summed E-state index contributed by atoms with van der Waals surface area (Å²) in [5.74, 6) is -1.58. The Balaban J connectivity index is 2.06. The monoisotopic (exact) mass is 287 g/mol. The van der Waals surface area contributed by atoms with Crippen molar-refractivity contribution < 1.29 is 22.7 Å². The number of benzene rings is 1. The molecule has 0 aromatic heterocycles. The fraction of sp³-hybridized carbons (Fsp3) is 0.417. The summed E-state index contributed by atoms with van der Waals surface area (Å²) in [4.78, 5) is 12.5. The van der Waals surface area contributed by atoms with Crippen LogP contribution in [0.5, 0.6) is 0 Å². The maximum Gasteiger partial charge on any atom is 0.335 e. The van der Waals surface area contributed by atoms with Crippen LogP contribution in [-0.2, 0) is 16.4 Å². The average molecular weight is 287 g/mol. The van der Waals surface area contributed by atoms with Gasteiger partial charge in [-0.3, -0.25) is 4.90 Å². The van der Waals surface area contributed by atoms with E-state index in [2.05, 4.69) is 0 Å². The van der Waals surface area contributed by atoms with Crippen LogP contribution in [0.15, 0.2) is 18.2 Å². The van der Waals surface area contributed by atoms with Crippen LogP contribution in [0, 0.1) is 5.82 Å². The number of nitrogens with zero attached hydrogens (tertiary/aromatic N) is 1. The van der Waals surface area contributed by atoms with Gasteiger partial charge in [-0.05, 0) is 12.1 Å². The lowest BCUT2D eigenvalue weighted by molar-refractivity contribution is 0.0696. The molecule has 19 heavy (non-hydrogen) atoms. The molecule has 1 aromatic carbocycles. The van der Waals surface area contributed by atoms with E-state index in [-0.39, 0.29) is 17.1 Å². The summed E-state index contributed by atoms with van der Waals surface area (Å²) in [5, 5.41) is 8.74. The van der Waals surface area contributed by atoms with Gasteiger partial charge in [0.25, 0.3) is 0 Å². The minimum atomic E-state index is -2.95. The molecule has 0 aliphatic carbocycles. The van der Waals surface area contributed by atoms with Crippen LogP contribution in [0.4, 0.5) is 4.39 Å². The largest absolute Gasteiger partial charge is 0.478 e. The molecule has 1 fully saturated rings. The van der Waals surface area contributed by atoms with E-state index in [9.17, 15) is 17.6 Å². The van der Waals surface area contributed by atoms with Crippen molar-refractivity contribution in [3.05, 3.63) is 35.1 Å². The first kappa shape index (κ1) is 14.0. The Bertz CT molecular complexity index is 586. The third kappa shape index (κ3) is 3.51. The molecule has 7 heteroatoms. The second kappa shape index (κ2) is 5.26. The first-order chi connectivity index (χ1) is 8.87. The van der Waals surface area contributed by atoms with Gasteiger partial charge in [0.15, 0.2) is 9.84 Å². The SMILES string of the molecule is O=C(O)c1ccc(CN2CCS(=O)(=O)CC2)c(F)c1. The van der Waals surface area contributed by atoms with E-state index in [1.807, 2.05) is 4.90 Å². The number of hydrogen-bond donors (Lipinski definition) is 1. The zero-order chi connectivity index (χ0) is 14.0. The minimum absolute atomic E-state index is 0.0851. The standard InChI is InChI=1S/C12H14FNO4S/c13-11-7-9(12(15)16)1-2-10(11)8-14-3-5-19(17,18)6-4-14/h1-2,7H,3-6,8H2,(H,15,16). The Labute approximate surface area is 110 Å². The fourth-order valence-corrected chi connectivity index (χ4v) is 3.23. The van der Waals surface area contributed by atoms with E-state index in [4.69, 9.17) is 5.11 Å². The Morgan fingerprint density at radius 2 is 1.95 bits per heavy atom. The second-order valence-electron chi connectivity index (χ2n) is 4.54. The highest BCUT2D eigenvalue weighted by Crippen LogP contribution is 2.15. The molecule has 2 rings (SSSR count). The second-order valence-corrected chi connectivity index (χ2v) is 6.84. The summed E-state index contributed by atoms with van der Waals surface area (Å²) in [6.07, 6.45) is 0. The van der Waals surface area contributed by atoms with Gasteiger partial charge in [0.05, 0.1) is 17.1 Å². The quantitative estimate of drug-likeness (QED) is 0.888. The first-order valence-electron chi connectivity index (χ1n) is 5.82. The van der Waals surface area contributed by atoms with Crippen molar-refractivity contribution in [3.63, 3.8) is 0 Å². The molecule has 0 amide bonds. The molecule has 1 aliphatic heterocycles. The predicted octanol–water partition coefficient (Wildman–Crippen LogP) is 0.754. The molecule has 0 saturated carbocycles. The van der Waals surface area contributed by atoms with Crippen molar-refractivity contribution >= 4 is 15.8 Å². The first-order valence-corrected chi connectivity index (χ1v) is 7.64. The van der Waals surface area contributed by atoms with Crippen molar-refractivity contribution in [1.82, 2.24) is 4.90 Å². The van der Waals surface area contributed by atoms with Crippen LogP contribution in [0.25, 0.3) is 0 Å². The molecule has 1 aromatic rings. The van der Waals surface area contributed by atoms with Gasteiger partial charge < -0.3 is 5.11 Å². The molecule has 0 unspecified atom stereocenters. The highest BCUT2D eigenvalue weighted by molar-refractivity contribution is 7.91. The van der Waals surface area contributed by atoms with Crippen molar-refractivity contribution in [1.29, 1.82) is 0 Å². The van der Waals surface area contributed by atoms with Crippen LogP contribution >= 0.6 is 0 Å². The van der Waals surface area contributed by atoms with Crippen molar-refractivity contribution in [2.75, 3.05) is 24.6 Å². The van der Waals surface area contributed by atoms with Crippen LogP contribution in [0.3, 0.4) is 0 Å². The van der Waals surface area contributed by atoms with Gasteiger partial charge in [-0.1, -0.05) is 6.07 Å². The summed E-state index contributed by atoms with van der Waals surface area (Å²) in [7, 11) is -2.95. The normalized spacial score (nSPS) is 19.2. The molecule has 1 aliphatic rings. The van der Waals surface area contributed by atoms with Gasteiger partial charge >= 0.3 is 5.97 Å². The summed E-state index contributed by atoms with van der Waals surface area (Å²) in [5.41, 5.74) is 0.284. The number of hydrogen-bond acceptors (Lipinski definition) is 4. The summed E-state index contributed by atoms with van der Waals surface area (Å²) >= 11 is 0.